The number of benzene rings is 1. The predicted molar refractivity (Wildman–Crippen MR) is 117 cm³/mol. The van der Waals surface area contributed by atoms with Gasteiger partial charge in [-0.25, -0.2) is 0 Å². The molecule has 0 aliphatic rings. The Labute approximate surface area is 176 Å². The van der Waals surface area contributed by atoms with Crippen LogP contribution in [-0.4, -0.2) is 48.3 Å². The van der Waals surface area contributed by atoms with Gasteiger partial charge in [-0.1, -0.05) is 29.3 Å². The van der Waals surface area contributed by atoms with Gasteiger partial charge in [0.1, 0.15) is 0 Å². The molecule has 1 N–H and O–H groups in total. The Morgan fingerprint density at radius 1 is 1.11 bits per heavy atom. The van der Waals surface area contributed by atoms with Crippen LogP contribution >= 0.6 is 22.9 Å². The van der Waals surface area contributed by atoms with Crippen LogP contribution in [0, 0.1) is 20.8 Å². The summed E-state index contributed by atoms with van der Waals surface area (Å²) in [6.45, 7) is 9.44. The molecule has 1 aromatic carbocycles. The van der Waals surface area contributed by atoms with Crippen LogP contribution in [0.5, 0.6) is 0 Å². The fourth-order valence-electron chi connectivity index (χ4n) is 3.19. The summed E-state index contributed by atoms with van der Waals surface area (Å²) in [5, 5.41) is 2.98. The van der Waals surface area contributed by atoms with Gasteiger partial charge < -0.3 is 10.2 Å². The maximum atomic E-state index is 12.6. The third kappa shape index (κ3) is 6.33. The molecule has 5 nitrogen and oxygen atoms in total. The van der Waals surface area contributed by atoms with Crippen molar-refractivity contribution in [2.75, 3.05) is 32.0 Å². The lowest BCUT2D eigenvalue weighted by atomic mass is 10.1. The monoisotopic (exact) mass is 421 g/mol. The van der Waals surface area contributed by atoms with Crippen LogP contribution < -0.4 is 5.32 Å². The van der Waals surface area contributed by atoms with Crippen LogP contribution in [0.2, 0.25) is 4.34 Å². The van der Waals surface area contributed by atoms with Gasteiger partial charge in [0, 0.05) is 17.1 Å². The maximum Gasteiger partial charge on any atom is 0.238 e. The van der Waals surface area contributed by atoms with E-state index >= 15 is 0 Å². The Bertz CT molecular complexity index is 827. The number of carbonyl (C=O) groups is 2. The van der Waals surface area contributed by atoms with Gasteiger partial charge in [0.25, 0.3) is 0 Å². The third-order valence-corrected chi connectivity index (χ3v) is 5.69. The van der Waals surface area contributed by atoms with Crippen LogP contribution in [0.1, 0.15) is 28.5 Å². The highest BCUT2D eigenvalue weighted by atomic mass is 35.5. The fraction of sp³-hybridized carbons (Fsp3) is 0.429. The van der Waals surface area contributed by atoms with Gasteiger partial charge in [0.05, 0.1) is 24.0 Å². The molecule has 1 aromatic heterocycles. The molecule has 7 heteroatoms. The molecular weight excluding hydrogens is 394 g/mol. The molecule has 0 saturated carbocycles. The van der Waals surface area contributed by atoms with Crippen molar-refractivity contribution in [3.63, 3.8) is 0 Å². The smallest absolute Gasteiger partial charge is 0.238 e. The first-order valence-corrected chi connectivity index (χ1v) is 10.5. The Hall–Kier alpha value is -1.89. The maximum absolute atomic E-state index is 12.6. The van der Waals surface area contributed by atoms with Gasteiger partial charge in [-0.05, 0) is 58.0 Å². The van der Waals surface area contributed by atoms with Crippen molar-refractivity contribution in [1.29, 1.82) is 0 Å². The Balaban J connectivity index is 1.90. The molecule has 28 heavy (non-hydrogen) atoms. The number of amides is 2. The van der Waals surface area contributed by atoms with Gasteiger partial charge in [-0.15, -0.1) is 11.3 Å². The number of thiophene rings is 1. The van der Waals surface area contributed by atoms with Gasteiger partial charge in [0.2, 0.25) is 11.8 Å². The van der Waals surface area contributed by atoms with E-state index in [1.54, 1.807) is 16.8 Å². The number of carbonyl (C=O) groups excluding carboxylic acids is 2. The zero-order valence-corrected chi connectivity index (χ0v) is 18.7. The van der Waals surface area contributed by atoms with E-state index in [1.807, 2.05) is 52.0 Å². The minimum absolute atomic E-state index is 0.00924. The number of aryl methyl sites for hydroxylation is 3. The Kier molecular flexibility index (Phi) is 8.04. The van der Waals surface area contributed by atoms with Gasteiger partial charge in [-0.3, -0.25) is 14.5 Å². The highest BCUT2D eigenvalue weighted by Gasteiger charge is 2.17. The molecule has 0 saturated heterocycles. The highest BCUT2D eigenvalue weighted by molar-refractivity contribution is 7.16. The van der Waals surface area contributed by atoms with E-state index in [0.29, 0.717) is 17.4 Å². The number of halogens is 1. The second-order valence-corrected chi connectivity index (χ2v) is 8.91. The average Bonchev–Trinajstić information content (AvgIpc) is 3.00. The molecule has 0 aliphatic carbocycles. The van der Waals surface area contributed by atoms with Crippen molar-refractivity contribution in [3.05, 3.63) is 50.2 Å². The van der Waals surface area contributed by atoms with Crippen molar-refractivity contribution in [2.45, 2.75) is 34.2 Å². The minimum Gasteiger partial charge on any atom is -0.337 e. The number of anilines is 1. The fourth-order valence-corrected chi connectivity index (χ4v) is 4.29. The molecule has 1 heterocycles. The minimum atomic E-state index is -0.126. The van der Waals surface area contributed by atoms with E-state index in [0.717, 1.165) is 21.7 Å². The topological polar surface area (TPSA) is 52.7 Å². The molecule has 0 fully saturated rings. The van der Waals surface area contributed by atoms with Crippen molar-refractivity contribution in [2.24, 2.45) is 0 Å². The Morgan fingerprint density at radius 3 is 2.29 bits per heavy atom. The van der Waals surface area contributed by atoms with Crippen LogP contribution in [-0.2, 0) is 16.1 Å². The summed E-state index contributed by atoms with van der Waals surface area (Å²) in [7, 11) is 1.78. The normalized spacial score (nSPS) is 11.0. The standard InChI is InChI=1S/C21H28ClN3O2S/c1-6-25(11-17-7-8-18(22)28-17)20(27)13-24(5)12-19(26)23-21-15(3)9-14(2)10-16(21)4/h7-10H,6,11-13H2,1-5H3,(H,23,26). The van der Waals surface area contributed by atoms with Crippen molar-refractivity contribution >= 4 is 40.4 Å². The van der Waals surface area contributed by atoms with Crippen LogP contribution in [0.15, 0.2) is 24.3 Å². The molecule has 0 radical (unpaired) electrons. The second-order valence-electron chi connectivity index (χ2n) is 7.11. The number of nitrogens with one attached hydrogen (secondary N) is 1. The summed E-state index contributed by atoms with van der Waals surface area (Å²) >= 11 is 7.44. The summed E-state index contributed by atoms with van der Waals surface area (Å²) in [4.78, 5) is 29.6. The quantitative estimate of drug-likeness (QED) is 0.693. The van der Waals surface area contributed by atoms with E-state index < -0.39 is 0 Å². The highest BCUT2D eigenvalue weighted by Crippen LogP contribution is 2.23. The number of nitrogens with zero attached hydrogens (tertiary/aromatic N) is 2. The van der Waals surface area contributed by atoms with Gasteiger partial charge >= 0.3 is 0 Å². The number of likely N-dealkylation sites (N-methyl/N-ethyl adjacent to an activating group) is 2. The molecule has 2 amide bonds. The third-order valence-electron chi connectivity index (χ3n) is 4.47. The van der Waals surface area contributed by atoms with Gasteiger partial charge in [-0.2, -0.15) is 0 Å². The summed E-state index contributed by atoms with van der Waals surface area (Å²) in [6.07, 6.45) is 0. The number of hydrogen-bond donors (Lipinski definition) is 1. The van der Waals surface area contributed by atoms with Crippen molar-refractivity contribution < 1.29 is 9.59 Å². The molecule has 0 spiro atoms. The number of hydrogen-bond acceptors (Lipinski definition) is 4. The largest absolute Gasteiger partial charge is 0.337 e. The zero-order valence-electron chi connectivity index (χ0n) is 17.1. The second kappa shape index (κ2) is 10.0. The molecule has 0 aliphatic heterocycles. The molecule has 152 valence electrons. The van der Waals surface area contributed by atoms with Crippen LogP contribution in [0.25, 0.3) is 0 Å². The zero-order chi connectivity index (χ0) is 20.8. The summed E-state index contributed by atoms with van der Waals surface area (Å²) in [5.41, 5.74) is 4.09. The van der Waals surface area contributed by atoms with E-state index in [2.05, 4.69) is 5.32 Å². The van der Waals surface area contributed by atoms with E-state index in [9.17, 15) is 9.59 Å². The lowest BCUT2D eigenvalue weighted by Crippen LogP contribution is -2.41. The molecule has 2 rings (SSSR count). The molecule has 0 atom stereocenters. The summed E-state index contributed by atoms with van der Waals surface area (Å²) in [5.74, 6) is -0.136. The first-order valence-electron chi connectivity index (χ1n) is 9.27. The summed E-state index contributed by atoms with van der Waals surface area (Å²) < 4.78 is 0.717. The summed E-state index contributed by atoms with van der Waals surface area (Å²) in [6, 6.07) is 7.87. The van der Waals surface area contributed by atoms with E-state index in [-0.39, 0.29) is 24.9 Å². The van der Waals surface area contributed by atoms with E-state index in [4.69, 9.17) is 11.6 Å². The molecular formula is C21H28ClN3O2S. The average molecular weight is 422 g/mol. The molecule has 0 unspecified atom stereocenters. The SMILES string of the molecule is CCN(Cc1ccc(Cl)s1)C(=O)CN(C)CC(=O)Nc1c(C)cc(C)cc1C. The van der Waals surface area contributed by atoms with Crippen molar-refractivity contribution in [3.8, 4) is 0 Å². The van der Waals surface area contributed by atoms with Gasteiger partial charge in [0.15, 0.2) is 0 Å². The first-order chi connectivity index (χ1) is 13.2. The van der Waals surface area contributed by atoms with Crippen molar-refractivity contribution in [1.82, 2.24) is 9.80 Å². The van der Waals surface area contributed by atoms with Crippen LogP contribution in [0.4, 0.5) is 5.69 Å². The van der Waals surface area contributed by atoms with E-state index in [1.165, 1.54) is 16.9 Å². The molecule has 0 bridgehead atoms. The predicted octanol–water partition coefficient (Wildman–Crippen LogP) is 4.25. The Morgan fingerprint density at radius 2 is 1.75 bits per heavy atom. The number of rotatable bonds is 8. The van der Waals surface area contributed by atoms with Crippen LogP contribution in [0.3, 0.4) is 0 Å². The molecule has 2 aromatic rings. The lowest BCUT2D eigenvalue weighted by Gasteiger charge is -2.24. The lowest BCUT2D eigenvalue weighted by molar-refractivity contribution is -0.132. The first kappa shape index (κ1) is 22.4.